The summed E-state index contributed by atoms with van der Waals surface area (Å²) in [5.74, 6) is 0. The van der Waals surface area contributed by atoms with Gasteiger partial charge in [-0.2, -0.15) is 0 Å². The Balaban J connectivity index is 1.63. The second kappa shape index (κ2) is 6.19. The predicted molar refractivity (Wildman–Crippen MR) is 89.4 cm³/mol. The Labute approximate surface area is 127 Å². The number of hydrogen-bond donors (Lipinski definition) is 1. The summed E-state index contributed by atoms with van der Waals surface area (Å²) >= 11 is 0. The van der Waals surface area contributed by atoms with Crippen LogP contribution in [0.15, 0.2) is 54.6 Å². The standard InChI is InChI=1S/C18H23N3/c1-15-13-21(18-9-7-17(19)8-10-18)12-11-20(15)14-16-5-3-2-4-6-16/h2-10,15H,11-14,19H2,1H3/t15-/m1/s1. The minimum Gasteiger partial charge on any atom is -0.399 e. The van der Waals surface area contributed by atoms with Crippen LogP contribution in [0.3, 0.4) is 0 Å². The fraction of sp³-hybridized carbons (Fsp3) is 0.333. The van der Waals surface area contributed by atoms with E-state index >= 15 is 0 Å². The molecule has 1 saturated heterocycles. The first-order valence-electron chi connectivity index (χ1n) is 7.61. The molecule has 0 saturated carbocycles. The van der Waals surface area contributed by atoms with E-state index in [1.165, 1.54) is 11.3 Å². The molecule has 1 fully saturated rings. The van der Waals surface area contributed by atoms with Crippen LogP contribution in [0.4, 0.5) is 11.4 Å². The lowest BCUT2D eigenvalue weighted by Crippen LogP contribution is -2.51. The molecule has 3 rings (SSSR count). The van der Waals surface area contributed by atoms with Crippen LogP contribution in [0, 0.1) is 0 Å². The zero-order valence-electron chi connectivity index (χ0n) is 12.6. The molecule has 2 aromatic carbocycles. The van der Waals surface area contributed by atoms with E-state index in [1.807, 2.05) is 12.1 Å². The van der Waals surface area contributed by atoms with Crippen LogP contribution in [-0.2, 0) is 6.54 Å². The molecule has 0 spiro atoms. The lowest BCUT2D eigenvalue weighted by molar-refractivity contribution is 0.181. The Morgan fingerprint density at radius 1 is 1.00 bits per heavy atom. The van der Waals surface area contributed by atoms with Crippen molar-refractivity contribution < 1.29 is 0 Å². The molecule has 1 aliphatic heterocycles. The molecule has 1 aliphatic rings. The maximum atomic E-state index is 5.76. The van der Waals surface area contributed by atoms with E-state index in [0.29, 0.717) is 6.04 Å². The SMILES string of the molecule is C[C@@H]1CN(c2ccc(N)cc2)CCN1Cc1ccccc1. The van der Waals surface area contributed by atoms with Gasteiger partial charge in [-0.15, -0.1) is 0 Å². The average Bonchev–Trinajstić information content (AvgIpc) is 2.51. The lowest BCUT2D eigenvalue weighted by Gasteiger charge is -2.41. The third-order valence-electron chi connectivity index (χ3n) is 4.25. The Morgan fingerprint density at radius 2 is 1.71 bits per heavy atom. The van der Waals surface area contributed by atoms with Crippen LogP contribution in [0.2, 0.25) is 0 Å². The molecule has 0 aliphatic carbocycles. The monoisotopic (exact) mass is 281 g/mol. The zero-order valence-corrected chi connectivity index (χ0v) is 12.6. The van der Waals surface area contributed by atoms with Crippen molar-refractivity contribution >= 4 is 11.4 Å². The number of piperazine rings is 1. The van der Waals surface area contributed by atoms with Gasteiger partial charge in [0.15, 0.2) is 0 Å². The zero-order chi connectivity index (χ0) is 14.7. The van der Waals surface area contributed by atoms with Gasteiger partial charge >= 0.3 is 0 Å². The molecular weight excluding hydrogens is 258 g/mol. The van der Waals surface area contributed by atoms with Crippen LogP contribution < -0.4 is 10.6 Å². The normalized spacial score (nSPS) is 19.7. The quantitative estimate of drug-likeness (QED) is 0.878. The van der Waals surface area contributed by atoms with E-state index in [-0.39, 0.29) is 0 Å². The molecule has 0 aromatic heterocycles. The maximum absolute atomic E-state index is 5.76. The van der Waals surface area contributed by atoms with Crippen LogP contribution in [-0.4, -0.2) is 30.6 Å². The first-order valence-corrected chi connectivity index (χ1v) is 7.61. The van der Waals surface area contributed by atoms with Gasteiger partial charge in [0.2, 0.25) is 0 Å². The van der Waals surface area contributed by atoms with Crippen molar-refractivity contribution in [2.75, 3.05) is 30.3 Å². The van der Waals surface area contributed by atoms with Gasteiger partial charge in [0.1, 0.15) is 0 Å². The molecule has 1 heterocycles. The van der Waals surface area contributed by atoms with Gasteiger partial charge in [-0.25, -0.2) is 0 Å². The molecule has 110 valence electrons. The summed E-state index contributed by atoms with van der Waals surface area (Å²) in [5, 5.41) is 0. The van der Waals surface area contributed by atoms with Crippen molar-refractivity contribution in [1.29, 1.82) is 0 Å². The van der Waals surface area contributed by atoms with E-state index in [1.54, 1.807) is 0 Å². The molecule has 3 heteroatoms. The largest absolute Gasteiger partial charge is 0.399 e. The van der Waals surface area contributed by atoms with Crippen molar-refractivity contribution in [2.45, 2.75) is 19.5 Å². The van der Waals surface area contributed by atoms with E-state index in [9.17, 15) is 0 Å². The number of nitrogen functional groups attached to an aromatic ring is 1. The molecule has 21 heavy (non-hydrogen) atoms. The van der Waals surface area contributed by atoms with Gasteiger partial charge in [0, 0.05) is 43.6 Å². The first kappa shape index (κ1) is 14.0. The molecule has 0 unspecified atom stereocenters. The van der Waals surface area contributed by atoms with Gasteiger partial charge in [-0.3, -0.25) is 4.90 Å². The summed E-state index contributed by atoms with van der Waals surface area (Å²) in [6.07, 6.45) is 0. The van der Waals surface area contributed by atoms with E-state index < -0.39 is 0 Å². The highest BCUT2D eigenvalue weighted by molar-refractivity contribution is 5.53. The molecule has 0 amide bonds. The highest BCUT2D eigenvalue weighted by Gasteiger charge is 2.23. The third-order valence-corrected chi connectivity index (χ3v) is 4.25. The summed E-state index contributed by atoms with van der Waals surface area (Å²) in [6.45, 7) is 6.59. The Hall–Kier alpha value is -2.00. The van der Waals surface area contributed by atoms with E-state index in [2.05, 4.69) is 59.2 Å². The second-order valence-corrected chi connectivity index (χ2v) is 5.84. The molecule has 0 radical (unpaired) electrons. The molecule has 1 atom stereocenters. The van der Waals surface area contributed by atoms with Crippen LogP contribution >= 0.6 is 0 Å². The van der Waals surface area contributed by atoms with Crippen LogP contribution in [0.5, 0.6) is 0 Å². The van der Waals surface area contributed by atoms with Gasteiger partial charge in [0.25, 0.3) is 0 Å². The smallest absolute Gasteiger partial charge is 0.0368 e. The van der Waals surface area contributed by atoms with E-state index in [0.717, 1.165) is 31.9 Å². The second-order valence-electron chi connectivity index (χ2n) is 5.84. The number of nitrogens with two attached hydrogens (primary N) is 1. The Kier molecular flexibility index (Phi) is 4.11. The highest BCUT2D eigenvalue weighted by atomic mass is 15.3. The van der Waals surface area contributed by atoms with Gasteiger partial charge in [0.05, 0.1) is 0 Å². The van der Waals surface area contributed by atoms with Crippen LogP contribution in [0.1, 0.15) is 12.5 Å². The number of anilines is 2. The molecule has 0 bridgehead atoms. The average molecular weight is 281 g/mol. The van der Waals surface area contributed by atoms with Crippen molar-refractivity contribution in [3.63, 3.8) is 0 Å². The third kappa shape index (κ3) is 3.37. The lowest BCUT2D eigenvalue weighted by atomic mass is 10.1. The van der Waals surface area contributed by atoms with Crippen molar-refractivity contribution in [1.82, 2.24) is 4.90 Å². The fourth-order valence-corrected chi connectivity index (χ4v) is 2.97. The highest BCUT2D eigenvalue weighted by Crippen LogP contribution is 2.21. The summed E-state index contributed by atoms with van der Waals surface area (Å²) < 4.78 is 0. The molecule has 3 nitrogen and oxygen atoms in total. The minimum atomic E-state index is 0.552. The number of hydrogen-bond acceptors (Lipinski definition) is 3. The Bertz CT molecular complexity index is 565. The molecular formula is C18H23N3. The van der Waals surface area contributed by atoms with Crippen LogP contribution in [0.25, 0.3) is 0 Å². The topological polar surface area (TPSA) is 32.5 Å². The van der Waals surface area contributed by atoms with Crippen molar-refractivity contribution in [3.05, 3.63) is 60.2 Å². The maximum Gasteiger partial charge on any atom is 0.0368 e. The van der Waals surface area contributed by atoms with E-state index in [4.69, 9.17) is 5.73 Å². The van der Waals surface area contributed by atoms with Gasteiger partial charge in [-0.05, 0) is 36.8 Å². The summed E-state index contributed by atoms with van der Waals surface area (Å²) in [5.41, 5.74) is 9.26. The number of rotatable bonds is 3. The molecule has 2 aromatic rings. The van der Waals surface area contributed by atoms with Gasteiger partial charge in [-0.1, -0.05) is 30.3 Å². The fourth-order valence-electron chi connectivity index (χ4n) is 2.97. The summed E-state index contributed by atoms with van der Waals surface area (Å²) in [6, 6.07) is 19.5. The van der Waals surface area contributed by atoms with Crippen molar-refractivity contribution in [2.24, 2.45) is 0 Å². The summed E-state index contributed by atoms with van der Waals surface area (Å²) in [7, 11) is 0. The van der Waals surface area contributed by atoms with Gasteiger partial charge < -0.3 is 10.6 Å². The Morgan fingerprint density at radius 3 is 2.38 bits per heavy atom. The first-order chi connectivity index (χ1) is 10.2. The number of nitrogens with zero attached hydrogens (tertiary/aromatic N) is 2. The molecule has 2 N–H and O–H groups in total. The van der Waals surface area contributed by atoms with Crippen molar-refractivity contribution in [3.8, 4) is 0 Å². The number of benzene rings is 2. The minimum absolute atomic E-state index is 0.552. The predicted octanol–water partition coefficient (Wildman–Crippen LogP) is 2.98. The summed E-state index contributed by atoms with van der Waals surface area (Å²) in [4.78, 5) is 5.01.